The number of rotatable bonds is 5. The van der Waals surface area contributed by atoms with Gasteiger partial charge in [-0.25, -0.2) is 4.79 Å². The second kappa shape index (κ2) is 7.04. The Bertz CT molecular complexity index is 743. The van der Waals surface area contributed by atoms with Crippen LogP contribution in [0.3, 0.4) is 0 Å². The number of para-hydroxylation sites is 1. The lowest BCUT2D eigenvalue weighted by molar-refractivity contribution is -0.119. The van der Waals surface area contributed by atoms with Gasteiger partial charge in [-0.05, 0) is 31.9 Å². The Balaban J connectivity index is 1.83. The lowest BCUT2D eigenvalue weighted by Crippen LogP contribution is -2.36. The van der Waals surface area contributed by atoms with Crippen LogP contribution in [-0.2, 0) is 9.53 Å². The molecular weight excluding hydrogens is 328 g/mol. The van der Waals surface area contributed by atoms with Crippen molar-refractivity contribution >= 4 is 23.8 Å². The topological polar surface area (TPSA) is 86.1 Å². The van der Waals surface area contributed by atoms with Crippen molar-refractivity contribution in [2.75, 3.05) is 7.11 Å². The summed E-state index contributed by atoms with van der Waals surface area (Å²) in [6, 6.07) is 9.82. The summed E-state index contributed by atoms with van der Waals surface area (Å²) >= 11 is 1.26. The van der Waals surface area contributed by atoms with Crippen LogP contribution < -0.4 is 5.32 Å². The van der Waals surface area contributed by atoms with Gasteiger partial charge in [0.25, 0.3) is 0 Å². The summed E-state index contributed by atoms with van der Waals surface area (Å²) < 4.78 is 6.44. The number of carbonyl (C=O) groups is 2. The van der Waals surface area contributed by atoms with E-state index in [0.717, 1.165) is 24.4 Å². The van der Waals surface area contributed by atoms with E-state index in [9.17, 15) is 9.59 Å². The molecule has 1 aromatic heterocycles. The fourth-order valence-electron chi connectivity index (χ4n) is 2.25. The van der Waals surface area contributed by atoms with Crippen LogP contribution in [0.2, 0.25) is 0 Å². The summed E-state index contributed by atoms with van der Waals surface area (Å²) in [5, 5.41) is 10.9. The molecule has 3 rings (SSSR count). The van der Waals surface area contributed by atoms with Gasteiger partial charge in [-0.1, -0.05) is 30.0 Å². The first-order chi connectivity index (χ1) is 11.6. The number of hydrogen-bond donors (Lipinski definition) is 1. The fourth-order valence-corrected chi connectivity index (χ4v) is 3.12. The van der Waals surface area contributed by atoms with Gasteiger partial charge in [-0.15, -0.1) is 10.2 Å². The van der Waals surface area contributed by atoms with Crippen LogP contribution in [0.1, 0.15) is 31.5 Å². The van der Waals surface area contributed by atoms with E-state index in [4.69, 9.17) is 0 Å². The van der Waals surface area contributed by atoms with Gasteiger partial charge >= 0.3 is 6.09 Å². The highest BCUT2D eigenvalue weighted by atomic mass is 32.2. The second-order valence-electron chi connectivity index (χ2n) is 5.53. The van der Waals surface area contributed by atoms with Gasteiger partial charge in [0.05, 0.1) is 12.4 Å². The summed E-state index contributed by atoms with van der Waals surface area (Å²) in [4.78, 5) is 23.2. The molecule has 0 bridgehead atoms. The number of aromatic nitrogens is 3. The van der Waals surface area contributed by atoms with Gasteiger partial charge in [0.15, 0.2) is 5.16 Å². The number of carbonyl (C=O) groups excluding carboxylic acids is 2. The number of benzene rings is 1. The zero-order valence-corrected chi connectivity index (χ0v) is 14.2. The molecule has 7 nitrogen and oxygen atoms in total. The molecule has 1 saturated carbocycles. The van der Waals surface area contributed by atoms with Crippen molar-refractivity contribution in [1.82, 2.24) is 20.1 Å². The smallest absolute Gasteiger partial charge is 0.413 e. The van der Waals surface area contributed by atoms with E-state index in [0.29, 0.717) is 11.1 Å². The van der Waals surface area contributed by atoms with E-state index < -0.39 is 17.3 Å². The highest BCUT2D eigenvalue weighted by Gasteiger charge is 2.32. The van der Waals surface area contributed by atoms with Crippen LogP contribution >= 0.6 is 11.8 Å². The predicted octanol–water partition coefficient (Wildman–Crippen LogP) is 2.51. The number of hydrogen-bond acceptors (Lipinski definition) is 6. The van der Waals surface area contributed by atoms with Gasteiger partial charge in [0, 0.05) is 11.6 Å². The van der Waals surface area contributed by atoms with Crippen molar-refractivity contribution in [2.45, 2.75) is 36.1 Å². The quantitative estimate of drug-likeness (QED) is 0.837. The molecule has 1 fully saturated rings. The molecule has 8 heteroatoms. The maximum atomic E-state index is 12.0. The molecule has 1 N–H and O–H groups in total. The molecule has 24 heavy (non-hydrogen) atoms. The summed E-state index contributed by atoms with van der Waals surface area (Å²) in [7, 11) is 1.22. The molecule has 1 aromatic carbocycles. The Labute approximate surface area is 143 Å². The van der Waals surface area contributed by atoms with Crippen LogP contribution in [0.25, 0.3) is 5.69 Å². The van der Waals surface area contributed by atoms with Crippen molar-refractivity contribution in [3.8, 4) is 5.69 Å². The zero-order valence-electron chi connectivity index (χ0n) is 13.4. The molecule has 126 valence electrons. The van der Waals surface area contributed by atoms with E-state index in [1.54, 1.807) is 6.92 Å². The average molecular weight is 346 g/mol. The minimum atomic E-state index is -0.768. The Morgan fingerprint density at radius 3 is 2.62 bits per heavy atom. The summed E-state index contributed by atoms with van der Waals surface area (Å²) in [5.74, 6) is 0.915. The molecule has 1 aliphatic carbocycles. The monoisotopic (exact) mass is 346 g/mol. The van der Waals surface area contributed by atoms with Crippen molar-refractivity contribution in [3.05, 3.63) is 36.2 Å². The van der Waals surface area contributed by atoms with Crippen LogP contribution in [0.5, 0.6) is 0 Å². The Morgan fingerprint density at radius 1 is 1.29 bits per heavy atom. The third-order valence-corrected chi connectivity index (χ3v) is 4.72. The fraction of sp³-hybridized carbons (Fsp3) is 0.375. The molecule has 0 spiro atoms. The van der Waals surface area contributed by atoms with Crippen molar-refractivity contribution in [1.29, 1.82) is 0 Å². The first-order valence-electron chi connectivity index (χ1n) is 7.66. The van der Waals surface area contributed by atoms with E-state index >= 15 is 0 Å². The van der Waals surface area contributed by atoms with Gasteiger partial charge in [0.1, 0.15) is 5.82 Å². The molecule has 0 unspecified atom stereocenters. The van der Waals surface area contributed by atoms with Crippen LogP contribution in [-0.4, -0.2) is 39.1 Å². The number of ether oxygens (including phenoxy) is 1. The Morgan fingerprint density at radius 2 is 2.00 bits per heavy atom. The van der Waals surface area contributed by atoms with Gasteiger partial charge in [0.2, 0.25) is 5.91 Å². The molecule has 2 amide bonds. The number of nitrogens with zero attached hydrogens (tertiary/aromatic N) is 3. The number of nitrogens with one attached hydrogen (secondary N) is 1. The lowest BCUT2D eigenvalue weighted by atomic mass is 10.3. The van der Waals surface area contributed by atoms with Gasteiger partial charge < -0.3 is 4.74 Å². The predicted molar refractivity (Wildman–Crippen MR) is 89.2 cm³/mol. The number of amides is 2. The molecular formula is C16H18N4O3S. The average Bonchev–Trinajstić information content (AvgIpc) is 3.36. The summed E-state index contributed by atoms with van der Waals surface area (Å²) in [5.41, 5.74) is 0.965. The zero-order chi connectivity index (χ0) is 17.1. The summed E-state index contributed by atoms with van der Waals surface area (Å²) in [6.07, 6.45) is 1.44. The third-order valence-electron chi connectivity index (χ3n) is 3.68. The molecule has 2 aromatic rings. The van der Waals surface area contributed by atoms with Crippen LogP contribution in [0.4, 0.5) is 4.79 Å². The number of methoxy groups -OCH3 is 1. The van der Waals surface area contributed by atoms with Gasteiger partial charge in [-0.2, -0.15) is 0 Å². The largest absolute Gasteiger partial charge is 0.453 e. The van der Waals surface area contributed by atoms with E-state index in [1.165, 1.54) is 18.9 Å². The number of alkyl carbamates (subject to hydrolysis) is 1. The van der Waals surface area contributed by atoms with E-state index in [2.05, 4.69) is 20.3 Å². The molecule has 1 atom stereocenters. The first kappa shape index (κ1) is 16.5. The first-order valence-corrected chi connectivity index (χ1v) is 8.54. The third kappa shape index (κ3) is 3.59. The van der Waals surface area contributed by atoms with Crippen LogP contribution in [0.15, 0.2) is 35.5 Å². The van der Waals surface area contributed by atoms with E-state index in [1.807, 2.05) is 34.9 Å². The molecule has 0 aliphatic heterocycles. The number of imide groups is 1. The molecule has 1 heterocycles. The molecule has 0 saturated heterocycles. The van der Waals surface area contributed by atoms with Crippen molar-refractivity contribution < 1.29 is 14.3 Å². The van der Waals surface area contributed by atoms with Gasteiger partial charge in [-0.3, -0.25) is 14.7 Å². The SMILES string of the molecule is COC(=O)NC(=O)[C@@H](C)Sc1nnc(C2CC2)n1-c1ccccc1. The Kier molecular flexibility index (Phi) is 4.84. The second-order valence-corrected chi connectivity index (χ2v) is 6.83. The van der Waals surface area contributed by atoms with E-state index in [-0.39, 0.29) is 0 Å². The normalized spacial score (nSPS) is 14.9. The maximum absolute atomic E-state index is 12.0. The maximum Gasteiger partial charge on any atom is 0.413 e. The van der Waals surface area contributed by atoms with Crippen LogP contribution in [0, 0.1) is 0 Å². The van der Waals surface area contributed by atoms with Crippen molar-refractivity contribution in [3.63, 3.8) is 0 Å². The molecule has 0 radical (unpaired) electrons. The number of thioether (sulfide) groups is 1. The standard InChI is InChI=1S/C16H18N4O3S/c1-10(14(21)17-16(22)23-2)24-15-19-18-13(11-8-9-11)20(15)12-6-4-3-5-7-12/h3-7,10-11H,8-9H2,1-2H3,(H,17,21,22)/t10-/m1/s1. The molecule has 1 aliphatic rings. The Hall–Kier alpha value is -2.35. The minimum Gasteiger partial charge on any atom is -0.453 e. The highest BCUT2D eigenvalue weighted by Crippen LogP contribution is 2.41. The minimum absolute atomic E-state index is 0.422. The van der Waals surface area contributed by atoms with Crippen molar-refractivity contribution in [2.24, 2.45) is 0 Å². The highest BCUT2D eigenvalue weighted by molar-refractivity contribution is 8.00. The lowest BCUT2D eigenvalue weighted by Gasteiger charge is -2.13. The summed E-state index contributed by atoms with van der Waals surface area (Å²) in [6.45, 7) is 1.71.